The molecule has 1 fully saturated rings. The molecule has 1 aromatic carbocycles. The predicted octanol–water partition coefficient (Wildman–Crippen LogP) is 8.03. The fourth-order valence-corrected chi connectivity index (χ4v) is 12.4. The number of carbonyl (C=O) groups is 7. The number of rotatable bonds is 33. The number of nitrogens with one attached hydrogen (secondary N) is 3. The van der Waals surface area contributed by atoms with E-state index in [0.29, 0.717) is 36.3 Å². The van der Waals surface area contributed by atoms with Gasteiger partial charge in [0.2, 0.25) is 17.7 Å². The van der Waals surface area contributed by atoms with E-state index in [-0.39, 0.29) is 95.4 Å². The molecule has 0 aliphatic carbocycles. The van der Waals surface area contributed by atoms with Crippen molar-refractivity contribution in [3.63, 3.8) is 0 Å². The summed E-state index contributed by atoms with van der Waals surface area (Å²) in [6.07, 6.45) is 4.53. The number of likely N-dealkylation sites (N-methyl/N-ethyl adjacent to an activating group) is 1. The first kappa shape index (κ1) is 65.2. The number of hydrogen-bond acceptors (Lipinski definition) is 16. The zero-order valence-electron chi connectivity index (χ0n) is 45.4. The number of carbonyl (C=O) groups excluding carboxylic acids is 6. The van der Waals surface area contributed by atoms with Crippen molar-refractivity contribution in [3.8, 4) is 5.75 Å². The first-order chi connectivity index (χ1) is 35.1. The Hall–Kier alpha value is -4.09. The van der Waals surface area contributed by atoms with Gasteiger partial charge in [0, 0.05) is 80.6 Å². The highest BCUT2D eigenvalue weighted by Crippen LogP contribution is 2.40. The summed E-state index contributed by atoms with van der Waals surface area (Å²) >= 11 is 1.10. The number of nitrogens with zero attached hydrogens (tertiary/aromatic N) is 3. The van der Waals surface area contributed by atoms with Gasteiger partial charge in [0.25, 0.3) is 5.91 Å². The highest BCUT2D eigenvalue weighted by Gasteiger charge is 2.38. The summed E-state index contributed by atoms with van der Waals surface area (Å²) in [6, 6.07) is 3.14. The fraction of sp³-hybridized carbons (Fsp3) is 0.686. The van der Waals surface area contributed by atoms with E-state index in [1.54, 1.807) is 52.7 Å². The molecular weight excluding hydrogens is 1050 g/mol. The normalized spacial score (nSPS) is 16.7. The lowest BCUT2D eigenvalue weighted by Crippen LogP contribution is -2.48. The smallest absolute Gasteiger partial charge is 0.472 e. The minimum atomic E-state index is -4.91. The van der Waals surface area contributed by atoms with Crippen LogP contribution in [-0.2, 0) is 49.0 Å². The molecule has 3 rings (SSSR count). The summed E-state index contributed by atoms with van der Waals surface area (Å²) in [6.45, 7) is 14.7. The molecule has 75 heavy (non-hydrogen) atoms. The van der Waals surface area contributed by atoms with Gasteiger partial charge in [-0.25, -0.2) is 14.1 Å². The number of ether oxygens (including phenoxy) is 2. The van der Waals surface area contributed by atoms with Crippen LogP contribution in [0, 0.1) is 23.7 Å². The summed E-state index contributed by atoms with van der Waals surface area (Å²) in [5.74, 6) is -3.71. The average Bonchev–Trinajstić information content (AvgIpc) is 3.84. The maximum atomic E-state index is 14.4. The summed E-state index contributed by atoms with van der Waals surface area (Å²) in [5.41, 5.74) is 0.661. The Bertz CT molecular complexity index is 2280. The highest BCUT2D eigenvalue weighted by molar-refractivity contribution is 8.77. The number of benzene rings is 1. The zero-order valence-corrected chi connectivity index (χ0v) is 48.7. The molecule has 0 saturated carbocycles. The molecule has 2 heterocycles. The maximum absolute atomic E-state index is 14.4. The molecular formula is C51H81N6O14PS3. The molecule has 0 radical (unpaired) electrons. The van der Waals surface area contributed by atoms with Crippen LogP contribution in [0.25, 0.3) is 0 Å². The Labute approximate surface area is 454 Å². The van der Waals surface area contributed by atoms with Gasteiger partial charge in [-0.15, -0.1) is 11.3 Å². The number of likely N-dealkylation sites (tertiary alicyclic amines) is 1. The third-order valence-corrected chi connectivity index (χ3v) is 18.2. The number of phosphoric ester groups is 1. The molecule has 422 valence electrons. The van der Waals surface area contributed by atoms with E-state index in [9.17, 15) is 53.0 Å². The standard InChI is InChI=1S/C51H81N6O14PS3/c1-12-32(4)37(27-42(59)40-16-13-14-22-56(40)10)49(63)57(11)41(31(2)3)28-44(71-34(6)58)48-55-39(29-73-48)47(62)53-36(24-33(5)50(64)65)25-35-18-19-43(69-30-70-72(66,67)68)38(26-35)54-46(61)20-21-51(7,8)75-74-23-15-17-45(60)52-9/h18-19,26,29,31-33,36-37,40-41,44H,12-17,20-25,27-28,30H2,1-11H3,(H,52,60)(H,53,62)(H,54,61)(H,64,65)(H2,66,67,68)/t32-,33?,36+,37-,40+,41+,44+/m0/s1. The lowest BCUT2D eigenvalue weighted by atomic mass is 9.83. The number of piperidine rings is 1. The van der Waals surface area contributed by atoms with Crippen LogP contribution in [0.5, 0.6) is 5.75 Å². The van der Waals surface area contributed by atoms with E-state index in [1.807, 2.05) is 48.6 Å². The van der Waals surface area contributed by atoms with Crippen molar-refractivity contribution in [1.29, 1.82) is 0 Å². The second-order valence-corrected chi connectivity index (χ2v) is 25.6. The fourth-order valence-electron chi connectivity index (χ4n) is 8.75. The van der Waals surface area contributed by atoms with E-state index >= 15 is 0 Å². The monoisotopic (exact) mass is 1130 g/mol. The quantitative estimate of drug-likeness (QED) is 0.0130. The van der Waals surface area contributed by atoms with Gasteiger partial charge in [-0.1, -0.05) is 75.1 Å². The number of hydrogen-bond donors (Lipinski definition) is 6. The van der Waals surface area contributed by atoms with Crippen LogP contribution in [0.4, 0.5) is 5.69 Å². The summed E-state index contributed by atoms with van der Waals surface area (Å²) in [5, 5.41) is 20.1. The molecule has 1 aliphatic rings. The second kappa shape index (κ2) is 31.3. The van der Waals surface area contributed by atoms with Crippen molar-refractivity contribution in [1.82, 2.24) is 25.4 Å². The van der Waals surface area contributed by atoms with Gasteiger partial charge in [-0.3, -0.25) is 38.5 Å². The third-order valence-electron chi connectivity index (χ3n) is 13.4. The Morgan fingerprint density at radius 2 is 1.75 bits per heavy atom. The van der Waals surface area contributed by atoms with Crippen molar-refractivity contribution >= 4 is 87.8 Å². The Kier molecular flexibility index (Phi) is 27.2. The number of carboxylic acids is 1. The number of ketones is 1. The topological polar surface area (TPSA) is 280 Å². The van der Waals surface area contributed by atoms with Gasteiger partial charge in [0.15, 0.2) is 18.7 Å². The van der Waals surface area contributed by atoms with Gasteiger partial charge in [0.05, 0.1) is 17.6 Å². The van der Waals surface area contributed by atoms with E-state index in [2.05, 4.69) is 30.4 Å². The molecule has 0 bridgehead atoms. The van der Waals surface area contributed by atoms with Crippen LogP contribution in [0.15, 0.2) is 23.6 Å². The molecule has 1 saturated heterocycles. The van der Waals surface area contributed by atoms with Crippen molar-refractivity contribution in [2.45, 2.75) is 161 Å². The van der Waals surface area contributed by atoms with Gasteiger partial charge < -0.3 is 45.2 Å². The molecule has 20 nitrogen and oxygen atoms in total. The van der Waals surface area contributed by atoms with E-state index in [0.717, 1.165) is 42.9 Å². The third kappa shape index (κ3) is 22.8. The van der Waals surface area contributed by atoms with Crippen LogP contribution in [-0.4, -0.2) is 134 Å². The van der Waals surface area contributed by atoms with E-state index < -0.39 is 62.5 Å². The van der Waals surface area contributed by atoms with Crippen molar-refractivity contribution < 1.29 is 67.0 Å². The van der Waals surface area contributed by atoms with E-state index in [1.165, 1.54) is 25.3 Å². The van der Waals surface area contributed by atoms with Crippen LogP contribution < -0.4 is 20.7 Å². The average molecular weight is 1130 g/mol. The van der Waals surface area contributed by atoms with Crippen molar-refractivity contribution in [2.75, 3.05) is 45.6 Å². The molecule has 1 unspecified atom stereocenters. The summed E-state index contributed by atoms with van der Waals surface area (Å²) in [4.78, 5) is 119. The van der Waals surface area contributed by atoms with Crippen LogP contribution in [0.2, 0.25) is 0 Å². The Morgan fingerprint density at radius 3 is 2.36 bits per heavy atom. The minimum absolute atomic E-state index is 0.0150. The molecule has 1 aromatic heterocycles. The number of aromatic nitrogens is 1. The SMILES string of the molecule is CC[C@H](C)[C@H](CC(=O)[C@H]1CCCCN1C)C(=O)N(C)[C@H](C[C@@H](OC(C)=O)c1nc(C(=O)N[C@@H](Cc2ccc(OCOP(=O)(O)O)c(NC(=O)CCC(C)(C)SSCCCC(=O)NC)c2)CC(C)C(=O)O)cs1)C(C)C. The molecule has 24 heteroatoms. The minimum Gasteiger partial charge on any atom is -0.481 e. The molecule has 1 aliphatic heterocycles. The molecule has 7 atom stereocenters. The first-order valence-corrected chi connectivity index (χ1v) is 30.3. The van der Waals surface area contributed by atoms with Crippen LogP contribution in [0.3, 0.4) is 0 Å². The molecule has 6 N–H and O–H groups in total. The molecule has 4 amide bonds. The summed E-state index contributed by atoms with van der Waals surface area (Å²) in [7, 11) is 3.57. The maximum Gasteiger partial charge on any atom is 0.472 e. The Morgan fingerprint density at radius 1 is 1.04 bits per heavy atom. The van der Waals surface area contributed by atoms with Gasteiger partial charge in [-0.2, -0.15) is 0 Å². The van der Waals surface area contributed by atoms with Crippen molar-refractivity contribution in [2.24, 2.45) is 23.7 Å². The van der Waals surface area contributed by atoms with Gasteiger partial charge in [-0.05, 0) is 95.5 Å². The lowest BCUT2D eigenvalue weighted by Gasteiger charge is -2.37. The largest absolute Gasteiger partial charge is 0.481 e. The number of carboxylic acid groups (broad SMARTS) is 1. The van der Waals surface area contributed by atoms with Crippen LogP contribution >= 0.6 is 40.7 Å². The predicted molar refractivity (Wildman–Crippen MR) is 292 cm³/mol. The van der Waals surface area contributed by atoms with E-state index in [4.69, 9.17) is 9.47 Å². The molecule has 0 spiro atoms. The zero-order chi connectivity index (χ0) is 56.2. The number of thiazole rings is 1. The lowest BCUT2D eigenvalue weighted by molar-refractivity contribution is -0.149. The highest BCUT2D eigenvalue weighted by atomic mass is 33.1. The Balaban J connectivity index is 1.86. The molecule has 2 aromatic rings. The number of esters is 1. The first-order valence-electron chi connectivity index (χ1n) is 25.6. The summed E-state index contributed by atoms with van der Waals surface area (Å²) < 4.78 is 26.9. The van der Waals surface area contributed by atoms with Crippen molar-refractivity contribution in [3.05, 3.63) is 39.8 Å². The number of aliphatic carboxylic acids is 1. The second-order valence-electron chi connectivity index (χ2n) is 20.4. The van der Waals surface area contributed by atoms with Crippen LogP contribution in [0.1, 0.15) is 153 Å². The number of Topliss-reactive ketones (excluding diaryl/α,β-unsaturated/α-hetero) is 1. The van der Waals surface area contributed by atoms with Gasteiger partial charge in [0.1, 0.15) is 16.5 Å². The number of amides is 4. The number of phosphoric acid groups is 1. The number of anilines is 1. The van der Waals surface area contributed by atoms with Gasteiger partial charge >= 0.3 is 19.8 Å².